The second-order valence-electron chi connectivity index (χ2n) is 4.81. The molecule has 22 heavy (non-hydrogen) atoms. The quantitative estimate of drug-likeness (QED) is 0.911. The summed E-state index contributed by atoms with van der Waals surface area (Å²) in [6.45, 7) is 6.20. The summed E-state index contributed by atoms with van der Waals surface area (Å²) in [5.74, 6) is 1.34. The number of rotatable bonds is 5. The Morgan fingerprint density at radius 1 is 1.23 bits per heavy atom. The Balaban J connectivity index is 2.39. The molecular formula is C17H19N3O2. The average Bonchev–Trinajstić information content (AvgIpc) is 2.47. The molecule has 0 aliphatic carbocycles. The lowest BCUT2D eigenvalue weighted by molar-refractivity contribution is 0.311. The first-order valence-corrected chi connectivity index (χ1v) is 7.05. The molecule has 0 radical (unpaired) electrons. The molecule has 0 bridgehead atoms. The summed E-state index contributed by atoms with van der Waals surface area (Å²) in [6, 6.07) is 9.62. The molecule has 2 aromatic rings. The third-order valence-corrected chi connectivity index (χ3v) is 3.18. The van der Waals surface area contributed by atoms with E-state index in [2.05, 4.69) is 16.4 Å². The molecule has 0 aliphatic rings. The van der Waals surface area contributed by atoms with E-state index in [-0.39, 0.29) is 0 Å². The lowest BCUT2D eigenvalue weighted by Crippen LogP contribution is -2.01. The fourth-order valence-electron chi connectivity index (χ4n) is 2.25. The van der Waals surface area contributed by atoms with Gasteiger partial charge in [-0.2, -0.15) is 5.26 Å². The summed E-state index contributed by atoms with van der Waals surface area (Å²) in [7, 11) is 1.61. The van der Waals surface area contributed by atoms with Crippen molar-refractivity contribution in [2.24, 2.45) is 0 Å². The van der Waals surface area contributed by atoms with Crippen LogP contribution in [0.3, 0.4) is 0 Å². The van der Waals surface area contributed by atoms with Gasteiger partial charge in [0, 0.05) is 17.4 Å². The third-order valence-electron chi connectivity index (χ3n) is 3.18. The van der Waals surface area contributed by atoms with Crippen molar-refractivity contribution in [3.63, 3.8) is 0 Å². The molecule has 1 aromatic heterocycles. The molecule has 0 atom stereocenters. The third kappa shape index (κ3) is 3.29. The van der Waals surface area contributed by atoms with Crippen LogP contribution in [0.5, 0.6) is 11.5 Å². The van der Waals surface area contributed by atoms with Gasteiger partial charge in [-0.25, -0.2) is 0 Å². The van der Waals surface area contributed by atoms with Crippen LogP contribution < -0.4 is 14.8 Å². The highest BCUT2D eigenvalue weighted by atomic mass is 16.5. The molecule has 1 N–H and O–H groups in total. The summed E-state index contributed by atoms with van der Waals surface area (Å²) in [5, 5.41) is 12.6. The lowest BCUT2D eigenvalue weighted by Gasteiger charge is -2.14. The van der Waals surface area contributed by atoms with Gasteiger partial charge in [0.25, 0.3) is 0 Å². The number of hydrogen-bond donors (Lipinski definition) is 1. The topological polar surface area (TPSA) is 67.2 Å². The molecule has 1 heterocycles. The van der Waals surface area contributed by atoms with Crippen LogP contribution >= 0.6 is 0 Å². The monoisotopic (exact) mass is 297 g/mol. The predicted molar refractivity (Wildman–Crippen MR) is 85.9 cm³/mol. The van der Waals surface area contributed by atoms with Gasteiger partial charge in [-0.1, -0.05) is 0 Å². The first-order chi connectivity index (χ1) is 10.6. The predicted octanol–water partition coefficient (Wildman–Crippen LogP) is 3.72. The van der Waals surface area contributed by atoms with Crippen molar-refractivity contribution in [3.05, 3.63) is 41.2 Å². The smallest absolute Gasteiger partial charge is 0.163 e. The van der Waals surface area contributed by atoms with E-state index < -0.39 is 0 Å². The zero-order chi connectivity index (χ0) is 16.1. The van der Waals surface area contributed by atoms with E-state index in [1.54, 1.807) is 7.11 Å². The number of nitrogens with one attached hydrogen (secondary N) is 1. The molecule has 0 unspecified atom stereocenters. The van der Waals surface area contributed by atoms with E-state index in [0.29, 0.717) is 29.4 Å². The van der Waals surface area contributed by atoms with Gasteiger partial charge < -0.3 is 14.8 Å². The van der Waals surface area contributed by atoms with Gasteiger partial charge in [-0.15, -0.1) is 0 Å². The van der Waals surface area contributed by atoms with Crippen LogP contribution in [0, 0.1) is 25.2 Å². The van der Waals surface area contributed by atoms with Crippen molar-refractivity contribution in [2.75, 3.05) is 19.0 Å². The zero-order valence-electron chi connectivity index (χ0n) is 13.2. The maximum Gasteiger partial charge on any atom is 0.163 e. The number of benzene rings is 1. The Morgan fingerprint density at radius 3 is 2.64 bits per heavy atom. The van der Waals surface area contributed by atoms with Crippen LogP contribution in [0.4, 0.5) is 11.4 Å². The number of aryl methyl sites for hydroxylation is 2. The van der Waals surface area contributed by atoms with Crippen molar-refractivity contribution in [1.82, 2.24) is 4.98 Å². The molecule has 5 heteroatoms. The fourth-order valence-corrected chi connectivity index (χ4v) is 2.25. The lowest BCUT2D eigenvalue weighted by atomic mass is 10.1. The van der Waals surface area contributed by atoms with E-state index in [1.807, 2.05) is 45.0 Å². The molecule has 0 spiro atoms. The Bertz CT molecular complexity index is 721. The van der Waals surface area contributed by atoms with Crippen molar-refractivity contribution >= 4 is 11.4 Å². The second-order valence-corrected chi connectivity index (χ2v) is 4.81. The van der Waals surface area contributed by atoms with E-state index in [0.717, 1.165) is 17.1 Å². The standard InChI is InChI=1S/C17H19N3O2/c1-5-22-17-9-13(6-7-16(17)21-4)20-15-8-11(2)19-12(3)14(15)10-18/h6-9H,5H2,1-4H3,(H,19,20). The summed E-state index contributed by atoms with van der Waals surface area (Å²) in [6.07, 6.45) is 0. The van der Waals surface area contributed by atoms with Crippen LogP contribution in [0.2, 0.25) is 0 Å². The van der Waals surface area contributed by atoms with Gasteiger partial charge in [0.05, 0.1) is 30.7 Å². The zero-order valence-corrected chi connectivity index (χ0v) is 13.2. The van der Waals surface area contributed by atoms with Gasteiger partial charge in [0.15, 0.2) is 11.5 Å². The first kappa shape index (κ1) is 15.6. The van der Waals surface area contributed by atoms with E-state index in [4.69, 9.17) is 9.47 Å². The Labute approximate surface area is 130 Å². The largest absolute Gasteiger partial charge is 0.493 e. The Morgan fingerprint density at radius 2 is 2.00 bits per heavy atom. The maximum atomic E-state index is 9.31. The van der Waals surface area contributed by atoms with Crippen molar-refractivity contribution in [3.8, 4) is 17.6 Å². The van der Waals surface area contributed by atoms with E-state index in [1.165, 1.54) is 0 Å². The van der Waals surface area contributed by atoms with Crippen LogP contribution in [0.25, 0.3) is 0 Å². The molecule has 0 saturated heterocycles. The summed E-state index contributed by atoms with van der Waals surface area (Å²) in [4.78, 5) is 4.31. The first-order valence-electron chi connectivity index (χ1n) is 7.05. The summed E-state index contributed by atoms with van der Waals surface area (Å²) >= 11 is 0. The summed E-state index contributed by atoms with van der Waals surface area (Å²) < 4.78 is 10.8. The molecule has 0 saturated carbocycles. The number of nitriles is 1. The highest BCUT2D eigenvalue weighted by molar-refractivity contribution is 5.69. The normalized spacial score (nSPS) is 9.95. The highest BCUT2D eigenvalue weighted by Crippen LogP contribution is 2.32. The average molecular weight is 297 g/mol. The van der Waals surface area contributed by atoms with Crippen LogP contribution in [0.1, 0.15) is 23.9 Å². The van der Waals surface area contributed by atoms with Gasteiger partial charge in [0.1, 0.15) is 6.07 Å². The minimum absolute atomic E-state index is 0.541. The van der Waals surface area contributed by atoms with Crippen LogP contribution in [-0.4, -0.2) is 18.7 Å². The number of ether oxygens (including phenoxy) is 2. The minimum Gasteiger partial charge on any atom is -0.493 e. The summed E-state index contributed by atoms with van der Waals surface area (Å²) in [5.41, 5.74) is 3.67. The van der Waals surface area contributed by atoms with E-state index in [9.17, 15) is 5.26 Å². The van der Waals surface area contributed by atoms with Gasteiger partial charge in [-0.3, -0.25) is 4.98 Å². The number of pyridine rings is 1. The van der Waals surface area contributed by atoms with Gasteiger partial charge >= 0.3 is 0 Å². The number of hydrogen-bond acceptors (Lipinski definition) is 5. The van der Waals surface area contributed by atoms with Crippen molar-refractivity contribution in [2.45, 2.75) is 20.8 Å². The van der Waals surface area contributed by atoms with Gasteiger partial charge in [-0.05, 0) is 39.0 Å². The molecule has 114 valence electrons. The maximum absolute atomic E-state index is 9.31. The minimum atomic E-state index is 0.541. The Kier molecular flexibility index (Phi) is 4.84. The molecule has 2 rings (SSSR count). The van der Waals surface area contributed by atoms with Crippen molar-refractivity contribution in [1.29, 1.82) is 5.26 Å². The number of nitrogens with zero attached hydrogens (tertiary/aromatic N) is 2. The van der Waals surface area contributed by atoms with Crippen LogP contribution in [0.15, 0.2) is 24.3 Å². The van der Waals surface area contributed by atoms with Crippen LogP contribution in [-0.2, 0) is 0 Å². The fraction of sp³-hybridized carbons (Fsp3) is 0.294. The molecule has 1 aromatic carbocycles. The number of aromatic nitrogens is 1. The molecule has 0 fully saturated rings. The van der Waals surface area contributed by atoms with Gasteiger partial charge in [0.2, 0.25) is 0 Å². The highest BCUT2D eigenvalue weighted by Gasteiger charge is 2.10. The van der Waals surface area contributed by atoms with E-state index >= 15 is 0 Å². The molecule has 0 aliphatic heterocycles. The Hall–Kier alpha value is -2.74. The molecule has 0 amide bonds. The second kappa shape index (κ2) is 6.81. The number of anilines is 2. The molecule has 5 nitrogen and oxygen atoms in total. The van der Waals surface area contributed by atoms with Crippen molar-refractivity contribution < 1.29 is 9.47 Å². The molecular weight excluding hydrogens is 278 g/mol. The number of methoxy groups -OCH3 is 1. The SMILES string of the molecule is CCOc1cc(Nc2cc(C)nc(C)c2C#N)ccc1OC.